The van der Waals surface area contributed by atoms with Crippen molar-refractivity contribution in [2.45, 2.75) is 18.9 Å². The molecule has 0 saturated heterocycles. The zero-order valence-electron chi connectivity index (χ0n) is 17.3. The molecular formula is C23H22N4O4. The number of fused-ring (bicyclic) bond motifs is 1. The predicted molar refractivity (Wildman–Crippen MR) is 113 cm³/mol. The largest absolute Gasteiger partial charge is 0.464 e. The Morgan fingerprint density at radius 2 is 2.16 bits per heavy atom. The Hall–Kier alpha value is -3.70. The number of likely N-dealkylation sites (N-methyl/N-ethyl adjacent to an activating group) is 1. The summed E-state index contributed by atoms with van der Waals surface area (Å²) >= 11 is 0. The van der Waals surface area contributed by atoms with Gasteiger partial charge < -0.3 is 14.7 Å². The molecule has 1 N–H and O–H groups in total. The van der Waals surface area contributed by atoms with E-state index in [0.29, 0.717) is 23.4 Å². The predicted octanol–water partition coefficient (Wildman–Crippen LogP) is 1.79. The lowest BCUT2D eigenvalue weighted by Gasteiger charge is -2.15. The van der Waals surface area contributed by atoms with Crippen LogP contribution in [0.15, 0.2) is 42.6 Å². The number of esters is 1. The lowest BCUT2D eigenvalue weighted by atomic mass is 10.2. The van der Waals surface area contributed by atoms with Crippen molar-refractivity contribution in [2.24, 2.45) is 5.92 Å². The second-order valence-corrected chi connectivity index (χ2v) is 7.41. The van der Waals surface area contributed by atoms with Gasteiger partial charge in [0, 0.05) is 31.3 Å². The van der Waals surface area contributed by atoms with E-state index in [9.17, 15) is 9.59 Å². The van der Waals surface area contributed by atoms with Crippen molar-refractivity contribution in [3.8, 4) is 17.5 Å². The maximum atomic E-state index is 12.1. The summed E-state index contributed by atoms with van der Waals surface area (Å²) in [4.78, 5) is 29.6. The normalized spacial score (nSPS) is 17.0. The molecular weight excluding hydrogens is 396 g/mol. The van der Waals surface area contributed by atoms with E-state index in [4.69, 9.17) is 9.84 Å². The minimum atomic E-state index is -0.517. The van der Waals surface area contributed by atoms with Gasteiger partial charge in [0.1, 0.15) is 6.61 Å². The third-order valence-corrected chi connectivity index (χ3v) is 5.42. The van der Waals surface area contributed by atoms with Gasteiger partial charge in [-0.25, -0.2) is 14.5 Å². The second-order valence-electron chi connectivity index (χ2n) is 7.41. The molecule has 0 spiro atoms. The Balaban J connectivity index is 1.54. The molecule has 8 heteroatoms. The summed E-state index contributed by atoms with van der Waals surface area (Å²) in [7, 11) is 3.03. The van der Waals surface area contributed by atoms with E-state index in [2.05, 4.69) is 21.9 Å². The molecule has 0 radical (unpaired) electrons. The first-order valence-electron chi connectivity index (χ1n) is 9.91. The highest BCUT2D eigenvalue weighted by Crippen LogP contribution is 2.37. The maximum Gasteiger partial charge on any atom is 0.359 e. The summed E-state index contributed by atoms with van der Waals surface area (Å²) in [6.07, 6.45) is 3.23. The van der Waals surface area contributed by atoms with E-state index < -0.39 is 12.6 Å². The molecule has 4 rings (SSSR count). The van der Waals surface area contributed by atoms with E-state index in [0.717, 1.165) is 17.7 Å². The third kappa shape index (κ3) is 4.13. The van der Waals surface area contributed by atoms with Gasteiger partial charge in [-0.2, -0.15) is 5.10 Å². The number of hydrogen-bond acceptors (Lipinski definition) is 6. The fraction of sp³-hybridized carbons (Fsp3) is 0.304. The topological polar surface area (TPSA) is 97.6 Å². The minimum Gasteiger partial charge on any atom is -0.464 e. The molecule has 2 aromatic heterocycles. The van der Waals surface area contributed by atoms with Gasteiger partial charge in [0.15, 0.2) is 11.3 Å². The minimum absolute atomic E-state index is 0.151. The monoisotopic (exact) mass is 418 g/mol. The molecule has 3 aromatic rings. The molecule has 1 aromatic carbocycles. The van der Waals surface area contributed by atoms with Crippen molar-refractivity contribution in [1.82, 2.24) is 19.7 Å². The Morgan fingerprint density at radius 1 is 1.32 bits per heavy atom. The fourth-order valence-corrected chi connectivity index (χ4v) is 3.60. The second kappa shape index (κ2) is 8.58. The maximum absolute atomic E-state index is 12.1. The first kappa shape index (κ1) is 20.6. The van der Waals surface area contributed by atoms with Crippen LogP contribution in [-0.4, -0.2) is 63.5 Å². The van der Waals surface area contributed by atoms with Gasteiger partial charge >= 0.3 is 5.97 Å². The van der Waals surface area contributed by atoms with Crippen LogP contribution in [0.2, 0.25) is 0 Å². The van der Waals surface area contributed by atoms with Gasteiger partial charge in [0.25, 0.3) is 0 Å². The number of hydrogen-bond donors (Lipinski definition) is 1. The molecule has 1 amide bonds. The van der Waals surface area contributed by atoms with E-state index in [1.807, 2.05) is 24.3 Å². The van der Waals surface area contributed by atoms with E-state index in [1.54, 1.807) is 35.0 Å². The van der Waals surface area contributed by atoms with Crippen molar-refractivity contribution in [1.29, 1.82) is 0 Å². The zero-order valence-corrected chi connectivity index (χ0v) is 17.3. The summed E-state index contributed by atoms with van der Waals surface area (Å²) < 4.78 is 6.45. The van der Waals surface area contributed by atoms with Crippen LogP contribution < -0.4 is 0 Å². The number of amides is 1. The first-order valence-corrected chi connectivity index (χ1v) is 9.91. The smallest absolute Gasteiger partial charge is 0.359 e. The Kier molecular flexibility index (Phi) is 5.69. The number of methoxy groups -OCH3 is 1. The number of carbonyl (C=O) groups excluding carboxylic acids is 2. The number of aliphatic hydroxyl groups is 1. The molecule has 31 heavy (non-hydrogen) atoms. The van der Waals surface area contributed by atoms with Crippen LogP contribution in [0.25, 0.3) is 16.7 Å². The molecule has 1 aliphatic carbocycles. The molecule has 0 bridgehead atoms. The SMILES string of the molecule is COC(=O)c1nn(-c2cccc(C#CCC3CC3N(C)C(=O)CO)c2)c2ncccc12. The summed E-state index contributed by atoms with van der Waals surface area (Å²) in [5.41, 5.74) is 2.32. The quantitative estimate of drug-likeness (QED) is 0.501. The van der Waals surface area contributed by atoms with Gasteiger partial charge in [0.2, 0.25) is 5.91 Å². The first-order chi connectivity index (χ1) is 15.0. The number of nitrogens with zero attached hydrogens (tertiary/aromatic N) is 4. The van der Waals surface area contributed by atoms with Crippen molar-refractivity contribution < 1.29 is 19.4 Å². The summed E-state index contributed by atoms with van der Waals surface area (Å²) in [6.45, 7) is -0.465. The molecule has 0 aliphatic heterocycles. The van der Waals surface area contributed by atoms with Crippen LogP contribution in [0.5, 0.6) is 0 Å². The Labute approximate surface area is 179 Å². The van der Waals surface area contributed by atoms with Crippen LogP contribution >= 0.6 is 0 Å². The molecule has 2 heterocycles. The van der Waals surface area contributed by atoms with Crippen LogP contribution in [0.4, 0.5) is 0 Å². The Morgan fingerprint density at radius 3 is 2.94 bits per heavy atom. The molecule has 2 unspecified atom stereocenters. The van der Waals surface area contributed by atoms with Crippen molar-refractivity contribution in [3.63, 3.8) is 0 Å². The molecule has 1 aliphatic rings. The van der Waals surface area contributed by atoms with Crippen molar-refractivity contribution in [3.05, 3.63) is 53.9 Å². The van der Waals surface area contributed by atoms with Gasteiger partial charge in [-0.3, -0.25) is 4.79 Å². The third-order valence-electron chi connectivity index (χ3n) is 5.42. The summed E-state index contributed by atoms with van der Waals surface area (Å²) in [5.74, 6) is 5.90. The lowest BCUT2D eigenvalue weighted by Crippen LogP contribution is -2.32. The average Bonchev–Trinajstić information content (AvgIpc) is 3.47. The van der Waals surface area contributed by atoms with Crippen LogP contribution in [-0.2, 0) is 9.53 Å². The van der Waals surface area contributed by atoms with Crippen LogP contribution in [0.3, 0.4) is 0 Å². The fourth-order valence-electron chi connectivity index (χ4n) is 3.60. The van der Waals surface area contributed by atoms with E-state index in [-0.39, 0.29) is 17.6 Å². The summed E-state index contributed by atoms with van der Waals surface area (Å²) in [5, 5.41) is 14.0. The van der Waals surface area contributed by atoms with Crippen LogP contribution in [0, 0.1) is 17.8 Å². The van der Waals surface area contributed by atoms with Gasteiger partial charge in [-0.1, -0.05) is 17.9 Å². The van der Waals surface area contributed by atoms with Gasteiger partial charge in [0.05, 0.1) is 18.2 Å². The van der Waals surface area contributed by atoms with E-state index in [1.165, 1.54) is 7.11 Å². The number of ether oxygens (including phenoxy) is 1. The number of aliphatic hydroxyl groups excluding tert-OH is 1. The number of carbonyl (C=O) groups is 2. The standard InChI is InChI=1S/C23H22N4O4/c1-26(20(29)14-28)19-13-16(19)8-3-6-15-7-4-9-17(12-15)27-22-18(10-5-11-24-22)21(25-27)23(30)31-2/h4-5,7,9-12,16,19,28H,8,13-14H2,1-2H3. The molecule has 1 fully saturated rings. The Bertz CT molecular complexity index is 1210. The molecule has 158 valence electrons. The highest BCUT2D eigenvalue weighted by Gasteiger charge is 2.41. The molecule has 1 saturated carbocycles. The van der Waals surface area contributed by atoms with Crippen molar-refractivity contribution >= 4 is 22.9 Å². The summed E-state index contributed by atoms with van der Waals surface area (Å²) in [6, 6.07) is 11.2. The average molecular weight is 418 g/mol. The number of rotatable bonds is 5. The molecule has 2 atom stereocenters. The highest BCUT2D eigenvalue weighted by atomic mass is 16.5. The van der Waals surface area contributed by atoms with Crippen molar-refractivity contribution in [2.75, 3.05) is 20.8 Å². The number of benzene rings is 1. The lowest BCUT2D eigenvalue weighted by molar-refractivity contribution is -0.133. The van der Waals surface area contributed by atoms with Crippen LogP contribution in [0.1, 0.15) is 28.9 Å². The molecule has 8 nitrogen and oxygen atoms in total. The highest BCUT2D eigenvalue weighted by molar-refractivity contribution is 6.01. The zero-order chi connectivity index (χ0) is 22.0. The number of aromatic nitrogens is 3. The number of pyridine rings is 1. The van der Waals surface area contributed by atoms with Gasteiger partial charge in [-0.15, -0.1) is 0 Å². The van der Waals surface area contributed by atoms with E-state index >= 15 is 0 Å². The van der Waals surface area contributed by atoms with Gasteiger partial charge in [-0.05, 0) is 42.7 Å².